The summed E-state index contributed by atoms with van der Waals surface area (Å²) in [6.07, 6.45) is 6.40. The van der Waals surface area contributed by atoms with E-state index in [0.717, 1.165) is 72.1 Å². The maximum absolute atomic E-state index is 14.3. The summed E-state index contributed by atoms with van der Waals surface area (Å²) >= 11 is 13.7. The van der Waals surface area contributed by atoms with Gasteiger partial charge in [0, 0.05) is 61.8 Å². The smallest absolute Gasteiger partial charge is 0.407 e. The van der Waals surface area contributed by atoms with Crippen LogP contribution in [0.2, 0.25) is 5.15 Å². The van der Waals surface area contributed by atoms with E-state index >= 15 is 0 Å². The molecule has 2 aliphatic carbocycles. The highest BCUT2D eigenvalue weighted by molar-refractivity contribution is 6.35. The zero-order valence-electron chi connectivity index (χ0n) is 36.1. The van der Waals surface area contributed by atoms with Crippen molar-refractivity contribution >= 4 is 58.4 Å². The number of aliphatic imine (C=N–C) groups is 1. The van der Waals surface area contributed by atoms with Crippen LogP contribution in [0.25, 0.3) is 28.0 Å². The van der Waals surface area contributed by atoms with Gasteiger partial charge in [0.05, 0.1) is 38.6 Å². The van der Waals surface area contributed by atoms with E-state index in [1.165, 1.54) is 14.2 Å². The first kappa shape index (κ1) is 43.1. The first-order valence-corrected chi connectivity index (χ1v) is 23.5. The monoisotopic (exact) mass is 912 g/mol. The third-order valence-corrected chi connectivity index (χ3v) is 15.5. The molecule has 0 radical (unpaired) electrons. The molecule has 338 valence electrons. The maximum Gasteiger partial charge on any atom is 0.407 e. The Labute approximate surface area is 382 Å². The molecule has 8 atom stereocenters. The Hall–Kier alpha value is -4.76. The van der Waals surface area contributed by atoms with E-state index in [9.17, 15) is 19.2 Å². The lowest BCUT2D eigenvalue weighted by Gasteiger charge is -2.36. The molecule has 0 bridgehead atoms. The first-order valence-electron chi connectivity index (χ1n) is 22.7. The molecule has 64 heavy (non-hydrogen) atoms. The SMILES string of the molecule is COC(=O)C[C@H](C(=O)N1[C@@H]2C[C@@H]2C[C@H]1c1nc(-c2ccc(-c3ccc(C4=C(Cl)N=C([C@@H]5C[C@H]6C[C@H]6N5C(=O)[C@@H](NC(=O)OC)C5CCOCC5)C4)cc3)cc2)c(Cl)[nH]1)C1CCOCC1. The third-order valence-electron chi connectivity index (χ3n) is 14.9. The van der Waals surface area contributed by atoms with Crippen molar-refractivity contribution in [3.8, 4) is 22.4 Å². The molecule has 3 aromatic rings. The molecule has 2 N–H and O–H groups in total. The van der Waals surface area contributed by atoms with E-state index < -0.39 is 18.1 Å². The van der Waals surface area contributed by atoms with E-state index in [-0.39, 0.29) is 60.2 Å². The van der Waals surface area contributed by atoms with Crippen LogP contribution in [-0.2, 0) is 33.3 Å². The number of rotatable bonds is 12. The lowest BCUT2D eigenvalue weighted by Crippen LogP contribution is -2.56. The number of imidazole rings is 1. The largest absolute Gasteiger partial charge is 0.469 e. The summed E-state index contributed by atoms with van der Waals surface area (Å²) in [7, 11) is 2.68. The second-order valence-electron chi connectivity index (χ2n) is 18.5. The molecule has 0 unspecified atom stereocenters. The van der Waals surface area contributed by atoms with Crippen LogP contribution in [-0.4, -0.2) is 114 Å². The molecule has 7 aliphatic rings. The van der Waals surface area contributed by atoms with Crippen LogP contribution in [0.1, 0.15) is 81.6 Å². The fourth-order valence-corrected chi connectivity index (χ4v) is 11.7. The minimum atomic E-state index is -0.689. The predicted molar refractivity (Wildman–Crippen MR) is 239 cm³/mol. The van der Waals surface area contributed by atoms with Gasteiger partial charge in [-0.25, -0.2) is 14.8 Å². The number of fused-ring (bicyclic) bond motifs is 2. The lowest BCUT2D eigenvalue weighted by atomic mass is 9.82. The van der Waals surface area contributed by atoms with Crippen molar-refractivity contribution in [3.05, 3.63) is 70.2 Å². The summed E-state index contributed by atoms with van der Waals surface area (Å²) in [5.74, 6) is 0.585. The Morgan fingerprint density at radius 3 is 1.92 bits per heavy atom. The number of amides is 3. The lowest BCUT2D eigenvalue weighted by molar-refractivity contribution is -0.150. The highest BCUT2D eigenvalue weighted by atomic mass is 35.5. The molecule has 14 nitrogen and oxygen atoms in total. The van der Waals surface area contributed by atoms with E-state index in [0.29, 0.717) is 79.4 Å². The van der Waals surface area contributed by atoms with E-state index in [2.05, 4.69) is 34.6 Å². The number of aromatic amines is 1. The Morgan fingerprint density at radius 2 is 1.31 bits per heavy atom. The summed E-state index contributed by atoms with van der Waals surface area (Å²) in [4.78, 5) is 70.6. The number of benzene rings is 2. The Bertz CT molecular complexity index is 2360. The summed E-state index contributed by atoms with van der Waals surface area (Å²) in [5, 5.41) is 3.71. The fourth-order valence-electron chi connectivity index (χ4n) is 11.2. The van der Waals surface area contributed by atoms with E-state index in [1.54, 1.807) is 0 Å². The van der Waals surface area contributed by atoms with Gasteiger partial charge in [0.2, 0.25) is 11.8 Å². The van der Waals surface area contributed by atoms with Crippen LogP contribution < -0.4 is 5.32 Å². The molecule has 4 saturated heterocycles. The highest BCUT2D eigenvalue weighted by Crippen LogP contribution is 2.55. The number of alkyl carbamates (subject to hydrolysis) is 1. The van der Waals surface area contributed by atoms with Crippen molar-refractivity contribution in [2.45, 2.75) is 94.4 Å². The van der Waals surface area contributed by atoms with Crippen LogP contribution in [0.15, 0.2) is 58.7 Å². The first-order chi connectivity index (χ1) is 31.1. The Morgan fingerprint density at radius 1 is 0.750 bits per heavy atom. The summed E-state index contributed by atoms with van der Waals surface area (Å²) in [6, 6.07) is 15.5. The molecule has 2 aromatic carbocycles. The molecule has 0 spiro atoms. The molecular formula is C48H54Cl2N6O8. The van der Waals surface area contributed by atoms with Gasteiger partial charge in [0.25, 0.3) is 0 Å². The maximum atomic E-state index is 14.3. The number of allylic oxidation sites excluding steroid dienone is 1. The Balaban J connectivity index is 0.805. The molecule has 2 saturated carbocycles. The van der Waals surface area contributed by atoms with Gasteiger partial charge >= 0.3 is 12.1 Å². The number of hydrogen-bond acceptors (Lipinski definition) is 10. The standard InChI is InChI=1S/C48H54Cl2N6O8/c1-61-40(57)24-34(28-11-15-63-16-12-28)46(58)56-37-20-32(37)22-39(56)45-52-41(44(50)54-45)29-9-5-26(6-10-29)25-3-7-27(8-4-25)33-23-35(51-43(33)49)38-21-31-19-36(31)55(38)47(59)42(53-48(60)62-2)30-13-17-64-18-14-30/h3-10,28,30-32,34,36-39,42H,11-24H2,1-2H3,(H,52,54)(H,53,60)/t31-,32-,34+,36-,37-,38+,39+,42+/m1/s1. The van der Waals surface area contributed by atoms with Gasteiger partial charge in [-0.3, -0.25) is 14.4 Å². The van der Waals surface area contributed by atoms with Gasteiger partial charge < -0.3 is 39.0 Å². The number of carbonyl (C=O) groups excluding carboxylic acids is 4. The number of likely N-dealkylation sites (tertiary alicyclic amines) is 2. The molecule has 10 rings (SSSR count). The molecule has 3 amide bonds. The molecular weight excluding hydrogens is 859 g/mol. The van der Waals surface area contributed by atoms with Gasteiger partial charge in [-0.2, -0.15) is 0 Å². The number of nitrogens with zero attached hydrogens (tertiary/aromatic N) is 4. The number of piperidine rings is 2. The topological polar surface area (TPSA) is 165 Å². The number of ether oxygens (including phenoxy) is 4. The van der Waals surface area contributed by atoms with Crippen LogP contribution in [0.5, 0.6) is 0 Å². The zero-order chi connectivity index (χ0) is 44.2. The number of nitrogens with one attached hydrogen (secondary N) is 2. The molecule has 5 aliphatic heterocycles. The highest BCUT2D eigenvalue weighted by Gasteiger charge is 2.58. The second kappa shape index (κ2) is 17.9. The van der Waals surface area contributed by atoms with Crippen LogP contribution >= 0.6 is 23.2 Å². The van der Waals surface area contributed by atoms with Crippen LogP contribution in [0, 0.1) is 29.6 Å². The van der Waals surface area contributed by atoms with E-state index in [4.69, 9.17) is 52.1 Å². The number of methoxy groups -OCH3 is 2. The van der Waals surface area contributed by atoms with Crippen molar-refractivity contribution in [2.24, 2.45) is 34.6 Å². The average Bonchev–Trinajstić information content (AvgIpc) is 4.04. The number of aromatic nitrogens is 2. The normalized spacial score (nSPS) is 27.4. The summed E-state index contributed by atoms with van der Waals surface area (Å²) in [5.41, 5.74) is 6.29. The van der Waals surface area contributed by atoms with Crippen molar-refractivity contribution < 1.29 is 38.1 Å². The molecule has 6 fully saturated rings. The Kier molecular flexibility index (Phi) is 12.1. The third kappa shape index (κ3) is 8.35. The minimum Gasteiger partial charge on any atom is -0.469 e. The molecule has 1 aromatic heterocycles. The quantitative estimate of drug-likeness (QED) is 0.138. The van der Waals surface area contributed by atoms with Gasteiger partial charge in [0.1, 0.15) is 27.9 Å². The van der Waals surface area contributed by atoms with E-state index in [1.807, 2.05) is 34.1 Å². The summed E-state index contributed by atoms with van der Waals surface area (Å²) in [6.45, 7) is 2.28. The van der Waals surface area contributed by atoms with Gasteiger partial charge in [-0.1, -0.05) is 71.7 Å². The minimum absolute atomic E-state index is 0.00871. The number of carbonyl (C=O) groups is 4. The molecule has 16 heteroatoms. The van der Waals surface area contributed by atoms with Crippen molar-refractivity contribution in [1.29, 1.82) is 0 Å². The zero-order valence-corrected chi connectivity index (χ0v) is 37.6. The van der Waals surface area contributed by atoms with Crippen molar-refractivity contribution in [2.75, 3.05) is 40.6 Å². The van der Waals surface area contributed by atoms with Gasteiger partial charge in [0.15, 0.2) is 0 Å². The van der Waals surface area contributed by atoms with Crippen LogP contribution in [0.3, 0.4) is 0 Å². The average molecular weight is 914 g/mol. The predicted octanol–water partition coefficient (Wildman–Crippen LogP) is 7.56. The fraction of sp³-hybridized carbons (Fsp3) is 0.542. The second-order valence-corrected chi connectivity index (χ2v) is 19.2. The molecule has 6 heterocycles. The van der Waals surface area contributed by atoms with Crippen molar-refractivity contribution in [3.63, 3.8) is 0 Å². The number of H-pyrrole nitrogens is 1. The number of esters is 1. The van der Waals surface area contributed by atoms with Gasteiger partial charge in [-0.15, -0.1) is 0 Å². The van der Waals surface area contributed by atoms with Crippen LogP contribution in [0.4, 0.5) is 4.79 Å². The van der Waals surface area contributed by atoms with Crippen molar-refractivity contribution in [1.82, 2.24) is 25.1 Å². The number of hydrogen-bond donors (Lipinski definition) is 2. The summed E-state index contributed by atoms with van der Waals surface area (Å²) < 4.78 is 21.1. The number of halogens is 2. The van der Waals surface area contributed by atoms with Gasteiger partial charge in [-0.05, 0) is 91.7 Å².